The van der Waals surface area contributed by atoms with E-state index >= 15 is 0 Å². The molecule has 4 nitrogen and oxygen atoms in total. The molecule has 1 amide bonds. The average molecular weight is 279 g/mol. The number of halogens is 1. The molecular formula is C15H22FN3O. The highest BCUT2D eigenvalue weighted by Crippen LogP contribution is 2.15. The van der Waals surface area contributed by atoms with Crippen molar-refractivity contribution >= 4 is 5.91 Å². The molecule has 0 saturated carbocycles. The lowest BCUT2D eigenvalue weighted by molar-refractivity contribution is -0.123. The Bertz CT molecular complexity index is 484. The largest absolute Gasteiger partial charge is 0.368 e. The molecule has 1 atom stereocenters. The van der Waals surface area contributed by atoms with Crippen LogP contribution in [0.2, 0.25) is 0 Å². The fourth-order valence-corrected chi connectivity index (χ4v) is 2.54. The lowest BCUT2D eigenvalue weighted by Crippen LogP contribution is -2.52. The Labute approximate surface area is 119 Å². The SMILES string of the molecule is Cc1ccc(F)cc1CN1CCN(C(C)C(N)=O)CC1. The number of carbonyl (C=O) groups excluding carboxylic acids is 1. The summed E-state index contributed by atoms with van der Waals surface area (Å²) >= 11 is 0. The van der Waals surface area contributed by atoms with Crippen LogP contribution >= 0.6 is 0 Å². The van der Waals surface area contributed by atoms with Gasteiger partial charge in [0.2, 0.25) is 5.91 Å². The molecule has 0 spiro atoms. The second-order valence-electron chi connectivity index (χ2n) is 5.46. The number of rotatable bonds is 4. The van der Waals surface area contributed by atoms with E-state index in [2.05, 4.69) is 9.80 Å². The number of aryl methyl sites for hydroxylation is 1. The van der Waals surface area contributed by atoms with E-state index in [0.717, 1.165) is 43.9 Å². The van der Waals surface area contributed by atoms with Crippen LogP contribution < -0.4 is 5.73 Å². The minimum absolute atomic E-state index is 0.188. The number of piperazine rings is 1. The maximum Gasteiger partial charge on any atom is 0.234 e. The molecule has 0 bridgehead atoms. The van der Waals surface area contributed by atoms with Crippen molar-refractivity contribution < 1.29 is 9.18 Å². The van der Waals surface area contributed by atoms with Gasteiger partial charge in [0.15, 0.2) is 0 Å². The van der Waals surface area contributed by atoms with Crippen molar-refractivity contribution in [1.29, 1.82) is 0 Å². The van der Waals surface area contributed by atoms with Gasteiger partial charge in [-0.1, -0.05) is 6.07 Å². The van der Waals surface area contributed by atoms with E-state index in [-0.39, 0.29) is 17.8 Å². The van der Waals surface area contributed by atoms with Crippen LogP contribution in [-0.2, 0) is 11.3 Å². The lowest BCUT2D eigenvalue weighted by Gasteiger charge is -2.37. The maximum atomic E-state index is 13.3. The molecule has 1 saturated heterocycles. The van der Waals surface area contributed by atoms with Crippen molar-refractivity contribution in [1.82, 2.24) is 9.80 Å². The van der Waals surface area contributed by atoms with E-state index < -0.39 is 0 Å². The van der Waals surface area contributed by atoms with E-state index in [1.165, 1.54) is 6.07 Å². The molecule has 20 heavy (non-hydrogen) atoms. The smallest absolute Gasteiger partial charge is 0.234 e. The molecule has 1 heterocycles. The van der Waals surface area contributed by atoms with Gasteiger partial charge in [0.25, 0.3) is 0 Å². The highest BCUT2D eigenvalue weighted by molar-refractivity contribution is 5.79. The third kappa shape index (κ3) is 3.55. The van der Waals surface area contributed by atoms with Gasteiger partial charge in [0, 0.05) is 32.7 Å². The minimum atomic E-state index is -0.278. The Kier molecular flexibility index (Phi) is 4.73. The summed E-state index contributed by atoms with van der Waals surface area (Å²) in [6, 6.07) is 4.70. The lowest BCUT2D eigenvalue weighted by atomic mass is 10.1. The first-order valence-electron chi connectivity index (χ1n) is 6.98. The Morgan fingerprint density at radius 1 is 1.35 bits per heavy atom. The predicted octanol–water partition coefficient (Wildman–Crippen LogP) is 1.13. The zero-order valence-electron chi connectivity index (χ0n) is 12.1. The van der Waals surface area contributed by atoms with Crippen LogP contribution in [0.5, 0.6) is 0 Å². The number of hydrogen-bond donors (Lipinski definition) is 1. The molecule has 2 N–H and O–H groups in total. The normalized spacial score (nSPS) is 18.9. The molecule has 0 aromatic heterocycles. The van der Waals surface area contributed by atoms with Crippen molar-refractivity contribution in [3.05, 3.63) is 35.1 Å². The molecule has 5 heteroatoms. The molecule has 110 valence electrons. The monoisotopic (exact) mass is 279 g/mol. The maximum absolute atomic E-state index is 13.3. The van der Waals surface area contributed by atoms with Gasteiger partial charge in [-0.25, -0.2) is 4.39 Å². The van der Waals surface area contributed by atoms with Crippen LogP contribution in [0.3, 0.4) is 0 Å². The summed E-state index contributed by atoms with van der Waals surface area (Å²) in [4.78, 5) is 15.6. The molecule has 2 rings (SSSR count). The van der Waals surface area contributed by atoms with E-state index in [1.54, 1.807) is 6.07 Å². The van der Waals surface area contributed by atoms with Crippen LogP contribution in [-0.4, -0.2) is 47.9 Å². The van der Waals surface area contributed by atoms with Crippen molar-refractivity contribution in [2.45, 2.75) is 26.4 Å². The highest BCUT2D eigenvalue weighted by atomic mass is 19.1. The molecule has 0 radical (unpaired) electrons. The molecule has 1 aromatic carbocycles. The van der Waals surface area contributed by atoms with Crippen molar-refractivity contribution in [2.75, 3.05) is 26.2 Å². The minimum Gasteiger partial charge on any atom is -0.368 e. The van der Waals surface area contributed by atoms with Crippen molar-refractivity contribution in [3.8, 4) is 0 Å². The van der Waals surface area contributed by atoms with Gasteiger partial charge in [-0.2, -0.15) is 0 Å². The fourth-order valence-electron chi connectivity index (χ4n) is 2.54. The molecule has 1 aliphatic heterocycles. The predicted molar refractivity (Wildman–Crippen MR) is 76.6 cm³/mol. The summed E-state index contributed by atoms with van der Waals surface area (Å²) in [6.45, 7) is 7.97. The van der Waals surface area contributed by atoms with Crippen molar-refractivity contribution in [2.24, 2.45) is 5.73 Å². The Morgan fingerprint density at radius 3 is 2.60 bits per heavy atom. The number of primary amides is 1. The zero-order chi connectivity index (χ0) is 14.7. The summed E-state index contributed by atoms with van der Waals surface area (Å²) in [5.74, 6) is -0.467. The van der Waals surface area contributed by atoms with Crippen LogP contribution in [0.15, 0.2) is 18.2 Å². The first-order valence-corrected chi connectivity index (χ1v) is 6.98. The quantitative estimate of drug-likeness (QED) is 0.898. The van der Waals surface area contributed by atoms with Crippen LogP contribution in [0.25, 0.3) is 0 Å². The number of amides is 1. The summed E-state index contributed by atoms with van der Waals surface area (Å²) in [5.41, 5.74) is 7.47. The summed E-state index contributed by atoms with van der Waals surface area (Å²) in [6.07, 6.45) is 0. The standard InChI is InChI=1S/C15H22FN3O/c1-11-3-4-14(16)9-13(11)10-18-5-7-19(8-6-18)12(2)15(17)20/h3-4,9,12H,5-8,10H2,1-2H3,(H2,17,20). The summed E-state index contributed by atoms with van der Waals surface area (Å²) in [7, 11) is 0. The Hall–Kier alpha value is -1.46. The second kappa shape index (κ2) is 6.33. The average Bonchev–Trinajstić information content (AvgIpc) is 2.43. The number of nitrogens with zero attached hydrogens (tertiary/aromatic N) is 2. The van der Waals surface area contributed by atoms with Gasteiger partial charge in [-0.05, 0) is 37.1 Å². The third-order valence-electron chi connectivity index (χ3n) is 4.07. The topological polar surface area (TPSA) is 49.6 Å². The Morgan fingerprint density at radius 2 is 2.00 bits per heavy atom. The van der Waals surface area contributed by atoms with Gasteiger partial charge < -0.3 is 5.73 Å². The molecule has 1 fully saturated rings. The van der Waals surface area contributed by atoms with Crippen LogP contribution in [0.4, 0.5) is 4.39 Å². The van der Waals surface area contributed by atoms with Gasteiger partial charge in [-0.15, -0.1) is 0 Å². The number of carbonyl (C=O) groups is 1. The summed E-state index contributed by atoms with van der Waals surface area (Å²) < 4.78 is 13.3. The molecule has 0 aliphatic carbocycles. The van der Waals surface area contributed by atoms with Gasteiger partial charge in [0.05, 0.1) is 6.04 Å². The molecule has 1 unspecified atom stereocenters. The molecule has 1 aromatic rings. The second-order valence-corrected chi connectivity index (χ2v) is 5.46. The molecular weight excluding hydrogens is 257 g/mol. The zero-order valence-corrected chi connectivity index (χ0v) is 12.1. The first kappa shape index (κ1) is 14.9. The highest BCUT2D eigenvalue weighted by Gasteiger charge is 2.24. The fraction of sp³-hybridized carbons (Fsp3) is 0.533. The van der Waals surface area contributed by atoms with Crippen LogP contribution in [0, 0.1) is 12.7 Å². The number of hydrogen-bond acceptors (Lipinski definition) is 3. The van der Waals surface area contributed by atoms with E-state index in [0.29, 0.717) is 0 Å². The third-order valence-corrected chi connectivity index (χ3v) is 4.07. The first-order chi connectivity index (χ1) is 9.47. The van der Waals surface area contributed by atoms with E-state index in [9.17, 15) is 9.18 Å². The van der Waals surface area contributed by atoms with Gasteiger partial charge in [-0.3, -0.25) is 14.6 Å². The van der Waals surface area contributed by atoms with E-state index in [1.807, 2.05) is 19.9 Å². The molecule has 1 aliphatic rings. The van der Waals surface area contributed by atoms with Gasteiger partial charge >= 0.3 is 0 Å². The Balaban J connectivity index is 1.91. The van der Waals surface area contributed by atoms with Gasteiger partial charge in [0.1, 0.15) is 5.82 Å². The van der Waals surface area contributed by atoms with Crippen molar-refractivity contribution in [3.63, 3.8) is 0 Å². The number of nitrogens with two attached hydrogens (primary N) is 1. The van der Waals surface area contributed by atoms with E-state index in [4.69, 9.17) is 5.73 Å². The number of benzene rings is 1. The summed E-state index contributed by atoms with van der Waals surface area (Å²) in [5, 5.41) is 0. The van der Waals surface area contributed by atoms with Crippen LogP contribution in [0.1, 0.15) is 18.1 Å².